The van der Waals surface area contributed by atoms with Gasteiger partial charge in [0.2, 0.25) is 0 Å². The van der Waals surface area contributed by atoms with Gasteiger partial charge < -0.3 is 4.48 Å². The fraction of sp³-hybridized carbons (Fsp3) is 0.900. The fourth-order valence-corrected chi connectivity index (χ4v) is 5.47. The summed E-state index contributed by atoms with van der Waals surface area (Å²) >= 11 is 0. The monoisotopic (exact) mass is 290 g/mol. The van der Waals surface area contributed by atoms with Crippen LogP contribution in [-0.2, 0) is 0 Å². The Labute approximate surface area is 132 Å². The third-order valence-electron chi connectivity index (χ3n) is 6.65. The number of nitrogens with zero attached hydrogens (tertiary/aromatic N) is 1. The number of hydrogen-bond donors (Lipinski definition) is 0. The summed E-state index contributed by atoms with van der Waals surface area (Å²) in [6.45, 7) is 6.71. The Morgan fingerprint density at radius 1 is 0.810 bits per heavy atom. The lowest BCUT2D eigenvalue weighted by Crippen LogP contribution is -2.43. The van der Waals surface area contributed by atoms with Gasteiger partial charge in [0.05, 0.1) is 26.7 Å². The second kappa shape index (κ2) is 6.86. The Morgan fingerprint density at radius 2 is 1.33 bits per heavy atom. The number of fused-ring (bicyclic) bond motifs is 5. The second-order valence-electron chi connectivity index (χ2n) is 8.46. The Morgan fingerprint density at radius 3 is 1.90 bits per heavy atom. The van der Waals surface area contributed by atoms with Crippen molar-refractivity contribution >= 4 is 0 Å². The van der Waals surface area contributed by atoms with Crippen molar-refractivity contribution in [1.29, 1.82) is 0 Å². The number of likely N-dealkylation sites (tertiary alicyclic amines) is 1. The Kier molecular flexibility index (Phi) is 5.09. The SMILES string of the molecule is CCCCCCCCCC[N+]1(C)C[C@@H]2[C@H](C1)[C@@H]1C=C[C@H]2C1. The summed E-state index contributed by atoms with van der Waals surface area (Å²) in [6, 6.07) is 0. The number of allylic oxidation sites excluding steroid dienone is 2. The quantitative estimate of drug-likeness (QED) is 0.317. The van der Waals surface area contributed by atoms with Gasteiger partial charge in [0, 0.05) is 11.8 Å². The van der Waals surface area contributed by atoms with Crippen LogP contribution >= 0.6 is 0 Å². The molecule has 0 aromatic heterocycles. The van der Waals surface area contributed by atoms with Gasteiger partial charge >= 0.3 is 0 Å². The molecule has 1 saturated carbocycles. The van der Waals surface area contributed by atoms with Gasteiger partial charge in [0.1, 0.15) is 0 Å². The van der Waals surface area contributed by atoms with E-state index in [0.29, 0.717) is 0 Å². The Hall–Kier alpha value is -0.300. The molecule has 1 heteroatoms. The standard InChI is InChI=1S/C20H36N/c1-3-4-5-6-7-8-9-10-13-21(2)15-19-17-11-12-18(14-17)20(19)16-21/h11-12,17-20H,3-10,13-16H2,1-2H3/q+1/t17-,18+,19-,20+,21?. The zero-order valence-electron chi connectivity index (χ0n) is 14.4. The summed E-state index contributed by atoms with van der Waals surface area (Å²) in [7, 11) is 2.54. The predicted octanol–water partition coefficient (Wildman–Crippen LogP) is 5.03. The number of rotatable bonds is 9. The van der Waals surface area contributed by atoms with Crippen LogP contribution in [0.25, 0.3) is 0 Å². The van der Waals surface area contributed by atoms with Gasteiger partial charge in [-0.3, -0.25) is 0 Å². The van der Waals surface area contributed by atoms with Crippen molar-refractivity contribution in [3.8, 4) is 0 Å². The molecule has 0 amide bonds. The highest BCUT2D eigenvalue weighted by Crippen LogP contribution is 2.52. The topological polar surface area (TPSA) is 0 Å². The first-order valence-corrected chi connectivity index (χ1v) is 9.74. The van der Waals surface area contributed by atoms with Crippen LogP contribution in [0.3, 0.4) is 0 Å². The zero-order valence-corrected chi connectivity index (χ0v) is 14.4. The first kappa shape index (κ1) is 15.6. The molecule has 0 aromatic carbocycles. The molecule has 0 N–H and O–H groups in total. The molecule has 3 aliphatic rings. The highest BCUT2D eigenvalue weighted by Gasteiger charge is 2.54. The van der Waals surface area contributed by atoms with Crippen LogP contribution in [0, 0.1) is 23.7 Å². The summed E-state index contributed by atoms with van der Waals surface area (Å²) in [4.78, 5) is 0. The smallest absolute Gasteiger partial charge is 0.0824 e. The van der Waals surface area contributed by atoms with Crippen molar-refractivity contribution in [2.45, 2.75) is 64.7 Å². The van der Waals surface area contributed by atoms with E-state index in [2.05, 4.69) is 26.1 Å². The summed E-state index contributed by atoms with van der Waals surface area (Å²) < 4.78 is 1.39. The summed E-state index contributed by atoms with van der Waals surface area (Å²) in [5, 5.41) is 0. The van der Waals surface area contributed by atoms with E-state index < -0.39 is 0 Å². The van der Waals surface area contributed by atoms with Gasteiger partial charge in [-0.25, -0.2) is 0 Å². The van der Waals surface area contributed by atoms with Gasteiger partial charge in [0.15, 0.2) is 0 Å². The molecule has 2 fully saturated rings. The molecule has 2 aliphatic carbocycles. The van der Waals surface area contributed by atoms with E-state index >= 15 is 0 Å². The van der Waals surface area contributed by atoms with Crippen LogP contribution in [-0.4, -0.2) is 31.2 Å². The lowest BCUT2D eigenvalue weighted by atomic mass is 9.86. The zero-order chi connectivity index (χ0) is 14.7. The van der Waals surface area contributed by atoms with Gasteiger partial charge in [-0.15, -0.1) is 0 Å². The Balaban J connectivity index is 1.30. The van der Waals surface area contributed by atoms with Crippen LogP contribution in [0.1, 0.15) is 64.7 Å². The first-order valence-electron chi connectivity index (χ1n) is 9.74. The summed E-state index contributed by atoms with van der Waals surface area (Å²) in [6.07, 6.45) is 18.2. The number of unbranched alkanes of at least 4 members (excludes halogenated alkanes) is 7. The van der Waals surface area contributed by atoms with Crippen LogP contribution in [0.15, 0.2) is 12.2 Å². The van der Waals surface area contributed by atoms with E-state index in [1.54, 1.807) is 0 Å². The molecular weight excluding hydrogens is 254 g/mol. The molecule has 1 saturated heterocycles. The maximum atomic E-state index is 2.54. The van der Waals surface area contributed by atoms with Crippen LogP contribution in [0.4, 0.5) is 0 Å². The second-order valence-corrected chi connectivity index (χ2v) is 8.46. The summed E-state index contributed by atoms with van der Waals surface area (Å²) in [5.41, 5.74) is 0. The highest BCUT2D eigenvalue weighted by atomic mass is 15.4. The number of quaternary nitrogens is 1. The van der Waals surface area contributed by atoms with Gasteiger partial charge in [-0.2, -0.15) is 0 Å². The van der Waals surface area contributed by atoms with E-state index in [1.165, 1.54) is 81.9 Å². The molecule has 120 valence electrons. The highest BCUT2D eigenvalue weighted by molar-refractivity contribution is 5.14. The van der Waals surface area contributed by atoms with Crippen molar-refractivity contribution < 1.29 is 4.48 Å². The van der Waals surface area contributed by atoms with Crippen molar-refractivity contribution in [2.75, 3.05) is 26.7 Å². The molecule has 5 atom stereocenters. The van der Waals surface area contributed by atoms with E-state index in [-0.39, 0.29) is 0 Å². The molecule has 0 radical (unpaired) electrons. The molecule has 0 aromatic rings. The maximum Gasteiger partial charge on any atom is 0.0824 e. The molecule has 2 bridgehead atoms. The summed E-state index contributed by atoms with van der Waals surface area (Å²) in [5.74, 6) is 4.00. The van der Waals surface area contributed by atoms with Gasteiger partial charge in [-0.1, -0.05) is 57.6 Å². The first-order chi connectivity index (χ1) is 10.2. The molecule has 3 rings (SSSR count). The molecule has 21 heavy (non-hydrogen) atoms. The third kappa shape index (κ3) is 3.55. The number of hydrogen-bond acceptors (Lipinski definition) is 0. The minimum atomic E-state index is 0.957. The molecule has 1 nitrogen and oxygen atoms in total. The Bertz CT molecular complexity index is 339. The minimum absolute atomic E-state index is 0.957. The minimum Gasteiger partial charge on any atom is -0.326 e. The largest absolute Gasteiger partial charge is 0.326 e. The average Bonchev–Trinajstić information content (AvgIpc) is 3.13. The maximum absolute atomic E-state index is 2.54. The van der Waals surface area contributed by atoms with Crippen LogP contribution in [0.5, 0.6) is 0 Å². The van der Waals surface area contributed by atoms with Crippen LogP contribution in [0.2, 0.25) is 0 Å². The lowest BCUT2D eigenvalue weighted by Gasteiger charge is -2.31. The normalized spacial score (nSPS) is 40.1. The van der Waals surface area contributed by atoms with Crippen molar-refractivity contribution in [1.82, 2.24) is 0 Å². The van der Waals surface area contributed by atoms with Crippen molar-refractivity contribution in [2.24, 2.45) is 23.7 Å². The van der Waals surface area contributed by atoms with E-state index in [1.807, 2.05) is 0 Å². The molecule has 1 unspecified atom stereocenters. The van der Waals surface area contributed by atoms with Crippen molar-refractivity contribution in [3.05, 3.63) is 12.2 Å². The van der Waals surface area contributed by atoms with E-state index in [9.17, 15) is 0 Å². The average molecular weight is 291 g/mol. The molecule has 0 spiro atoms. The third-order valence-corrected chi connectivity index (χ3v) is 6.65. The molecular formula is C20H36N+. The fourth-order valence-electron chi connectivity index (χ4n) is 5.47. The van der Waals surface area contributed by atoms with E-state index in [0.717, 1.165) is 23.7 Å². The molecule has 1 aliphatic heterocycles. The lowest BCUT2D eigenvalue weighted by molar-refractivity contribution is -0.901. The predicted molar refractivity (Wildman–Crippen MR) is 91.1 cm³/mol. The van der Waals surface area contributed by atoms with Crippen molar-refractivity contribution in [3.63, 3.8) is 0 Å². The van der Waals surface area contributed by atoms with Crippen LogP contribution < -0.4 is 0 Å². The molecule has 1 heterocycles. The van der Waals surface area contributed by atoms with Gasteiger partial charge in [0.25, 0.3) is 0 Å². The van der Waals surface area contributed by atoms with E-state index in [4.69, 9.17) is 0 Å². The van der Waals surface area contributed by atoms with Gasteiger partial charge in [-0.05, 0) is 31.1 Å².